The minimum atomic E-state index is -4.47. The highest BCUT2D eigenvalue weighted by Crippen LogP contribution is 2.26. The van der Waals surface area contributed by atoms with Crippen LogP contribution < -0.4 is 5.32 Å². The van der Waals surface area contributed by atoms with Crippen molar-refractivity contribution >= 4 is 17.4 Å². The molecule has 15 heavy (non-hydrogen) atoms. The molecule has 0 amide bonds. The van der Waals surface area contributed by atoms with Gasteiger partial charge < -0.3 is 5.32 Å². The van der Waals surface area contributed by atoms with Crippen molar-refractivity contribution in [2.75, 3.05) is 11.9 Å². The van der Waals surface area contributed by atoms with Gasteiger partial charge in [0.2, 0.25) is 0 Å². The Morgan fingerprint density at radius 1 is 1.40 bits per heavy atom. The van der Waals surface area contributed by atoms with E-state index in [1.54, 1.807) is 0 Å². The second-order valence-corrected chi connectivity index (χ2v) is 3.21. The maximum atomic E-state index is 12.1. The summed E-state index contributed by atoms with van der Waals surface area (Å²) in [4.78, 5) is 0. The lowest BCUT2D eigenvalue weighted by molar-refractivity contribution is -0.141. The van der Waals surface area contributed by atoms with Gasteiger partial charge in [-0.1, -0.05) is 18.2 Å². The predicted octanol–water partition coefficient (Wildman–Crippen LogP) is 2.66. The molecule has 82 valence electrons. The van der Waals surface area contributed by atoms with E-state index in [0.717, 1.165) is 6.07 Å². The third-order valence-electron chi connectivity index (χ3n) is 1.42. The van der Waals surface area contributed by atoms with Crippen LogP contribution in [0.15, 0.2) is 23.7 Å². The molecule has 0 aromatic carbocycles. The molecule has 7 heteroatoms. The number of anilines is 1. The van der Waals surface area contributed by atoms with Gasteiger partial charge in [0.1, 0.15) is 5.82 Å². The first-order chi connectivity index (χ1) is 6.89. The lowest BCUT2D eigenvalue weighted by Gasteiger charge is -2.06. The standard InChI is InChI=1S/C8H7ClF3N3/c1-5(9)4-13-7-3-2-6(14-15-7)8(10,11)12/h2-3H,1,4H2,(H,13,15). The van der Waals surface area contributed by atoms with Crippen LogP contribution in [-0.2, 0) is 6.18 Å². The van der Waals surface area contributed by atoms with E-state index >= 15 is 0 Å². The average Bonchev–Trinajstić information content (AvgIpc) is 2.14. The fourth-order valence-electron chi connectivity index (χ4n) is 0.764. The van der Waals surface area contributed by atoms with Crippen LogP contribution in [-0.4, -0.2) is 16.7 Å². The first-order valence-electron chi connectivity index (χ1n) is 3.87. The second kappa shape index (κ2) is 4.48. The van der Waals surface area contributed by atoms with Gasteiger partial charge in [-0.2, -0.15) is 13.2 Å². The SMILES string of the molecule is C=C(Cl)CNc1ccc(C(F)(F)F)nn1. The Kier molecular flexibility index (Phi) is 3.52. The van der Waals surface area contributed by atoms with Crippen LogP contribution in [0.4, 0.5) is 19.0 Å². The number of nitrogens with zero attached hydrogens (tertiary/aromatic N) is 2. The Morgan fingerprint density at radius 2 is 2.07 bits per heavy atom. The van der Waals surface area contributed by atoms with Crippen molar-refractivity contribution in [3.05, 3.63) is 29.4 Å². The van der Waals surface area contributed by atoms with Gasteiger partial charge in [-0.25, -0.2) is 0 Å². The normalized spacial score (nSPS) is 11.2. The topological polar surface area (TPSA) is 37.8 Å². The summed E-state index contributed by atoms with van der Waals surface area (Å²) in [7, 11) is 0. The molecule has 0 aliphatic heterocycles. The Hall–Kier alpha value is -1.30. The smallest absolute Gasteiger partial charge is 0.364 e. The van der Waals surface area contributed by atoms with Gasteiger partial charge >= 0.3 is 6.18 Å². The summed E-state index contributed by atoms with van der Waals surface area (Å²) < 4.78 is 36.2. The van der Waals surface area contributed by atoms with E-state index in [1.165, 1.54) is 6.07 Å². The van der Waals surface area contributed by atoms with Gasteiger partial charge in [0.05, 0.1) is 6.54 Å². The van der Waals surface area contributed by atoms with E-state index < -0.39 is 11.9 Å². The molecular formula is C8H7ClF3N3. The number of nitrogens with one attached hydrogen (secondary N) is 1. The van der Waals surface area contributed by atoms with E-state index in [1.807, 2.05) is 0 Å². The molecular weight excluding hydrogens is 231 g/mol. The number of alkyl halides is 3. The maximum Gasteiger partial charge on any atom is 0.435 e. The molecule has 1 aromatic rings. The number of hydrogen-bond donors (Lipinski definition) is 1. The number of aromatic nitrogens is 2. The van der Waals surface area contributed by atoms with Crippen LogP contribution in [0, 0.1) is 0 Å². The molecule has 1 N–H and O–H groups in total. The first kappa shape index (κ1) is 11.8. The van der Waals surface area contributed by atoms with Crippen LogP contribution in [0.1, 0.15) is 5.69 Å². The van der Waals surface area contributed by atoms with E-state index in [-0.39, 0.29) is 12.4 Å². The summed E-state index contributed by atoms with van der Waals surface area (Å²) in [5.41, 5.74) is -1.03. The number of hydrogen-bond acceptors (Lipinski definition) is 3. The van der Waals surface area contributed by atoms with Crippen LogP contribution in [0.25, 0.3) is 0 Å². The highest BCUT2D eigenvalue weighted by molar-refractivity contribution is 6.29. The highest BCUT2D eigenvalue weighted by Gasteiger charge is 2.32. The molecule has 0 spiro atoms. The van der Waals surface area contributed by atoms with Crippen molar-refractivity contribution in [3.8, 4) is 0 Å². The summed E-state index contributed by atoms with van der Waals surface area (Å²) in [5.74, 6) is 0.213. The van der Waals surface area contributed by atoms with Crippen LogP contribution in [0.2, 0.25) is 0 Å². The molecule has 1 rings (SSSR count). The molecule has 1 aromatic heterocycles. The summed E-state index contributed by atoms with van der Waals surface area (Å²) in [5, 5.41) is 9.33. The lowest BCUT2D eigenvalue weighted by atomic mass is 10.4. The van der Waals surface area contributed by atoms with Crippen molar-refractivity contribution in [2.45, 2.75) is 6.18 Å². The molecule has 0 atom stereocenters. The number of halogens is 4. The molecule has 0 bridgehead atoms. The largest absolute Gasteiger partial charge is 0.435 e. The van der Waals surface area contributed by atoms with Crippen molar-refractivity contribution < 1.29 is 13.2 Å². The molecule has 0 radical (unpaired) electrons. The Morgan fingerprint density at radius 3 is 2.47 bits per heavy atom. The van der Waals surface area contributed by atoms with E-state index in [0.29, 0.717) is 5.03 Å². The fourth-order valence-corrected chi connectivity index (χ4v) is 0.831. The highest BCUT2D eigenvalue weighted by atomic mass is 35.5. The molecule has 1 heterocycles. The minimum Gasteiger partial charge on any atom is -0.364 e. The van der Waals surface area contributed by atoms with E-state index in [4.69, 9.17) is 11.6 Å². The van der Waals surface area contributed by atoms with Gasteiger partial charge in [-0.15, -0.1) is 10.2 Å². The Labute approximate surface area is 89.0 Å². The molecule has 0 saturated heterocycles. The van der Waals surface area contributed by atoms with Crippen molar-refractivity contribution in [1.82, 2.24) is 10.2 Å². The zero-order chi connectivity index (χ0) is 11.5. The summed E-state index contributed by atoms with van der Waals surface area (Å²) in [6, 6.07) is 2.02. The summed E-state index contributed by atoms with van der Waals surface area (Å²) >= 11 is 5.45. The lowest BCUT2D eigenvalue weighted by Crippen LogP contribution is -2.10. The Balaban J connectivity index is 2.69. The van der Waals surface area contributed by atoms with Crippen LogP contribution in [0.5, 0.6) is 0 Å². The van der Waals surface area contributed by atoms with Crippen molar-refractivity contribution in [2.24, 2.45) is 0 Å². The van der Waals surface area contributed by atoms with Crippen molar-refractivity contribution in [1.29, 1.82) is 0 Å². The van der Waals surface area contributed by atoms with E-state index in [9.17, 15) is 13.2 Å². The molecule has 0 fully saturated rings. The zero-order valence-electron chi connectivity index (χ0n) is 7.48. The second-order valence-electron chi connectivity index (χ2n) is 2.67. The predicted molar refractivity (Wildman–Crippen MR) is 50.5 cm³/mol. The summed E-state index contributed by atoms with van der Waals surface area (Å²) in [6.07, 6.45) is -4.47. The third-order valence-corrected chi connectivity index (χ3v) is 1.55. The zero-order valence-corrected chi connectivity index (χ0v) is 8.23. The van der Waals surface area contributed by atoms with Crippen molar-refractivity contribution in [3.63, 3.8) is 0 Å². The third kappa shape index (κ3) is 3.75. The fraction of sp³-hybridized carbons (Fsp3) is 0.250. The summed E-state index contributed by atoms with van der Waals surface area (Å²) in [6.45, 7) is 3.63. The van der Waals surface area contributed by atoms with Gasteiger partial charge in [0.15, 0.2) is 5.69 Å². The molecule has 3 nitrogen and oxygen atoms in total. The van der Waals surface area contributed by atoms with Crippen LogP contribution in [0.3, 0.4) is 0 Å². The monoisotopic (exact) mass is 237 g/mol. The minimum absolute atomic E-state index is 0.213. The van der Waals surface area contributed by atoms with Gasteiger partial charge in [-0.3, -0.25) is 0 Å². The molecule has 0 aliphatic rings. The van der Waals surface area contributed by atoms with Gasteiger partial charge in [0.25, 0.3) is 0 Å². The molecule has 0 unspecified atom stereocenters. The van der Waals surface area contributed by atoms with Gasteiger partial charge in [-0.05, 0) is 12.1 Å². The van der Waals surface area contributed by atoms with Crippen LogP contribution >= 0.6 is 11.6 Å². The average molecular weight is 238 g/mol. The Bertz CT molecular complexity index is 347. The van der Waals surface area contributed by atoms with E-state index in [2.05, 4.69) is 22.1 Å². The first-order valence-corrected chi connectivity index (χ1v) is 4.25. The quantitative estimate of drug-likeness (QED) is 0.878. The molecule has 0 aliphatic carbocycles. The maximum absolute atomic E-state index is 12.1. The molecule has 0 saturated carbocycles. The number of rotatable bonds is 3. The van der Waals surface area contributed by atoms with Gasteiger partial charge in [0, 0.05) is 5.03 Å².